The highest BCUT2D eigenvalue weighted by Gasteiger charge is 2.05. The minimum Gasteiger partial charge on any atom is -0.323 e. The predicted molar refractivity (Wildman–Crippen MR) is 77.5 cm³/mol. The fourth-order valence-electron chi connectivity index (χ4n) is 1.42. The molecule has 5 heteroatoms. The lowest BCUT2D eigenvalue weighted by Gasteiger charge is -2.08. The fourth-order valence-corrected chi connectivity index (χ4v) is 2.38. The minimum atomic E-state index is 0.0230. The van der Waals surface area contributed by atoms with Gasteiger partial charge >= 0.3 is 0 Å². The maximum absolute atomic E-state index is 5.93. The number of nitrogens with two attached hydrogens (primary N) is 1. The highest BCUT2D eigenvalue weighted by molar-refractivity contribution is 9.10. The molecule has 0 aliphatic rings. The van der Waals surface area contributed by atoms with E-state index in [1.807, 2.05) is 30.5 Å². The van der Waals surface area contributed by atoms with E-state index in [4.69, 9.17) is 5.73 Å². The molecule has 0 saturated carbocycles. The molecule has 3 nitrogen and oxygen atoms in total. The van der Waals surface area contributed by atoms with Crippen LogP contribution in [0.3, 0.4) is 0 Å². The van der Waals surface area contributed by atoms with E-state index in [2.05, 4.69) is 32.8 Å². The fraction of sp³-hybridized carbons (Fsp3) is 0.231. The van der Waals surface area contributed by atoms with E-state index in [0.29, 0.717) is 0 Å². The normalized spacial score (nSPS) is 12.4. The number of nitrogens with zero attached hydrogens (tertiary/aromatic N) is 2. The Bertz CT molecular complexity index is 499. The molecule has 0 spiro atoms. The number of rotatable bonds is 4. The van der Waals surface area contributed by atoms with Crippen molar-refractivity contribution in [3.05, 3.63) is 46.8 Å². The smallest absolute Gasteiger partial charge is 0.101 e. The van der Waals surface area contributed by atoms with E-state index in [0.717, 1.165) is 26.5 Å². The molecule has 0 aliphatic heterocycles. The van der Waals surface area contributed by atoms with Crippen molar-refractivity contribution in [3.63, 3.8) is 0 Å². The molecule has 0 saturated heterocycles. The third-order valence-corrected chi connectivity index (χ3v) is 3.90. The van der Waals surface area contributed by atoms with E-state index >= 15 is 0 Å². The number of halogens is 1. The van der Waals surface area contributed by atoms with Crippen LogP contribution >= 0.6 is 27.7 Å². The molecule has 18 heavy (non-hydrogen) atoms. The molecule has 0 bridgehead atoms. The first kappa shape index (κ1) is 13.5. The molecule has 0 aliphatic carbocycles. The van der Waals surface area contributed by atoms with Gasteiger partial charge in [-0.2, -0.15) is 0 Å². The van der Waals surface area contributed by atoms with Crippen molar-refractivity contribution in [1.82, 2.24) is 9.97 Å². The topological polar surface area (TPSA) is 51.8 Å². The average molecular weight is 324 g/mol. The van der Waals surface area contributed by atoms with Crippen molar-refractivity contribution < 1.29 is 0 Å². The van der Waals surface area contributed by atoms with Crippen LogP contribution in [0.15, 0.2) is 51.1 Å². The van der Waals surface area contributed by atoms with Crippen molar-refractivity contribution in [3.8, 4) is 0 Å². The molecular formula is C13H14BrN3S. The lowest BCUT2D eigenvalue weighted by atomic mass is 10.1. The summed E-state index contributed by atoms with van der Waals surface area (Å²) in [6.45, 7) is 2.06. The van der Waals surface area contributed by atoms with Gasteiger partial charge in [-0.1, -0.05) is 18.7 Å². The van der Waals surface area contributed by atoms with Gasteiger partial charge in [-0.3, -0.25) is 4.98 Å². The van der Waals surface area contributed by atoms with Gasteiger partial charge in [0.05, 0.1) is 5.69 Å². The van der Waals surface area contributed by atoms with Crippen LogP contribution in [0.4, 0.5) is 0 Å². The Morgan fingerprint density at radius 3 is 2.61 bits per heavy atom. The second kappa shape index (κ2) is 6.31. The van der Waals surface area contributed by atoms with Crippen LogP contribution in [0.25, 0.3) is 0 Å². The molecule has 0 unspecified atom stereocenters. The zero-order chi connectivity index (χ0) is 13.0. The summed E-state index contributed by atoms with van der Waals surface area (Å²) >= 11 is 4.96. The zero-order valence-electron chi connectivity index (χ0n) is 10.0. The zero-order valence-corrected chi connectivity index (χ0v) is 12.4. The van der Waals surface area contributed by atoms with Crippen LogP contribution in [-0.4, -0.2) is 9.97 Å². The van der Waals surface area contributed by atoms with Crippen molar-refractivity contribution in [1.29, 1.82) is 0 Å². The Morgan fingerprint density at radius 1 is 1.22 bits per heavy atom. The van der Waals surface area contributed by atoms with Crippen LogP contribution in [0.5, 0.6) is 0 Å². The van der Waals surface area contributed by atoms with Crippen molar-refractivity contribution in [2.75, 3.05) is 0 Å². The Labute approximate surface area is 119 Å². The number of pyridine rings is 2. The van der Waals surface area contributed by atoms with Gasteiger partial charge in [-0.15, -0.1) is 0 Å². The molecule has 0 fully saturated rings. The summed E-state index contributed by atoms with van der Waals surface area (Å²) < 4.78 is 0.981. The summed E-state index contributed by atoms with van der Waals surface area (Å²) in [6.07, 6.45) is 4.53. The first-order valence-corrected chi connectivity index (χ1v) is 7.31. The second-order valence-corrected chi connectivity index (χ2v) is 5.86. The van der Waals surface area contributed by atoms with Gasteiger partial charge in [0.1, 0.15) is 5.03 Å². The van der Waals surface area contributed by atoms with Gasteiger partial charge in [-0.05, 0) is 46.6 Å². The Morgan fingerprint density at radius 2 is 2.06 bits per heavy atom. The van der Waals surface area contributed by atoms with Crippen LogP contribution in [0.2, 0.25) is 0 Å². The minimum absolute atomic E-state index is 0.0230. The average Bonchev–Trinajstić information content (AvgIpc) is 2.41. The standard InChI is InChI=1S/C13H14BrN3S/c1-2-11(15)12-5-4-10(8-16-12)18-13-6-3-9(14)7-17-13/h3-8,11H,2,15H2,1H3/t11-/m1/s1. The molecule has 2 rings (SSSR count). The highest BCUT2D eigenvalue weighted by Crippen LogP contribution is 2.26. The van der Waals surface area contributed by atoms with Crippen LogP contribution in [0.1, 0.15) is 25.1 Å². The van der Waals surface area contributed by atoms with Gasteiger partial charge in [-0.25, -0.2) is 4.98 Å². The summed E-state index contributed by atoms with van der Waals surface area (Å²) in [6, 6.07) is 7.99. The molecule has 94 valence electrons. The van der Waals surface area contributed by atoms with Crippen molar-refractivity contribution in [2.24, 2.45) is 5.73 Å². The molecule has 1 atom stereocenters. The van der Waals surface area contributed by atoms with E-state index in [1.165, 1.54) is 0 Å². The second-order valence-electron chi connectivity index (χ2n) is 3.85. The van der Waals surface area contributed by atoms with Gasteiger partial charge in [0.25, 0.3) is 0 Å². The van der Waals surface area contributed by atoms with Gasteiger partial charge in [0.2, 0.25) is 0 Å². The third kappa shape index (κ3) is 3.54. The molecule has 2 N–H and O–H groups in total. The van der Waals surface area contributed by atoms with Crippen molar-refractivity contribution in [2.45, 2.75) is 29.3 Å². The van der Waals surface area contributed by atoms with Crippen LogP contribution in [0, 0.1) is 0 Å². The van der Waals surface area contributed by atoms with E-state index in [1.54, 1.807) is 18.0 Å². The summed E-state index contributed by atoms with van der Waals surface area (Å²) in [5.41, 5.74) is 6.86. The number of hydrogen-bond donors (Lipinski definition) is 1. The maximum atomic E-state index is 5.93. The first-order chi connectivity index (χ1) is 8.69. The maximum Gasteiger partial charge on any atom is 0.101 e. The van der Waals surface area contributed by atoms with Crippen LogP contribution in [-0.2, 0) is 0 Å². The molecule has 0 amide bonds. The van der Waals surface area contributed by atoms with Gasteiger partial charge < -0.3 is 5.73 Å². The Hall–Kier alpha value is -0.910. The number of hydrogen-bond acceptors (Lipinski definition) is 4. The van der Waals surface area contributed by atoms with Gasteiger partial charge in [0, 0.05) is 27.8 Å². The van der Waals surface area contributed by atoms with Gasteiger partial charge in [0.15, 0.2) is 0 Å². The predicted octanol–water partition coefficient (Wildman–Crippen LogP) is 3.80. The first-order valence-electron chi connectivity index (χ1n) is 5.70. The lowest BCUT2D eigenvalue weighted by molar-refractivity contribution is 0.674. The summed E-state index contributed by atoms with van der Waals surface area (Å²) in [5, 5.41) is 0.951. The Balaban J connectivity index is 2.08. The Kier molecular flexibility index (Phi) is 4.74. The van der Waals surface area contributed by atoms with Crippen LogP contribution < -0.4 is 5.73 Å². The lowest BCUT2D eigenvalue weighted by Crippen LogP contribution is -2.10. The molecule has 0 aromatic carbocycles. The molecule has 0 radical (unpaired) electrons. The molecule has 2 aromatic rings. The number of aromatic nitrogens is 2. The largest absolute Gasteiger partial charge is 0.323 e. The van der Waals surface area contributed by atoms with E-state index < -0.39 is 0 Å². The van der Waals surface area contributed by atoms with E-state index in [-0.39, 0.29) is 6.04 Å². The summed E-state index contributed by atoms with van der Waals surface area (Å²) in [5.74, 6) is 0. The molecular weight excluding hydrogens is 310 g/mol. The SMILES string of the molecule is CC[C@@H](N)c1ccc(Sc2ccc(Br)cn2)cn1. The monoisotopic (exact) mass is 323 g/mol. The summed E-state index contributed by atoms with van der Waals surface area (Å²) in [4.78, 5) is 9.76. The molecule has 2 aromatic heterocycles. The summed E-state index contributed by atoms with van der Waals surface area (Å²) in [7, 11) is 0. The molecule has 2 heterocycles. The van der Waals surface area contributed by atoms with E-state index in [9.17, 15) is 0 Å². The third-order valence-electron chi connectivity index (χ3n) is 2.50. The van der Waals surface area contributed by atoms with Crippen molar-refractivity contribution >= 4 is 27.7 Å². The quantitative estimate of drug-likeness (QED) is 0.929. The highest BCUT2D eigenvalue weighted by atomic mass is 79.9.